The number of rotatable bonds is 5. The number of aryl methyl sites for hydroxylation is 2. The molecular weight excluding hydrogens is 228 g/mol. The Morgan fingerprint density at radius 1 is 1.50 bits per heavy atom. The summed E-state index contributed by atoms with van der Waals surface area (Å²) in [5.74, 6) is 0. The predicted octanol–water partition coefficient (Wildman–Crippen LogP) is 0.837. The van der Waals surface area contributed by atoms with E-state index >= 15 is 0 Å². The molecule has 1 aliphatic heterocycles. The Labute approximate surface area is 109 Å². The molecule has 1 aliphatic rings. The molecule has 1 atom stereocenters. The van der Waals surface area contributed by atoms with Gasteiger partial charge in [0.05, 0.1) is 18.4 Å². The van der Waals surface area contributed by atoms with Crippen molar-refractivity contribution in [3.63, 3.8) is 0 Å². The fourth-order valence-electron chi connectivity index (χ4n) is 2.38. The highest BCUT2D eigenvalue weighted by molar-refractivity contribution is 5.22. The van der Waals surface area contributed by atoms with Crippen molar-refractivity contribution in [2.45, 2.75) is 33.4 Å². The zero-order valence-electron chi connectivity index (χ0n) is 11.6. The summed E-state index contributed by atoms with van der Waals surface area (Å²) in [4.78, 5) is 2.43. The first kappa shape index (κ1) is 13.5. The maximum Gasteiger partial charge on any atom is 0.0826 e. The van der Waals surface area contributed by atoms with Crippen LogP contribution in [0.25, 0.3) is 0 Å². The smallest absolute Gasteiger partial charge is 0.0826 e. The van der Waals surface area contributed by atoms with Gasteiger partial charge in [-0.3, -0.25) is 10.00 Å². The van der Waals surface area contributed by atoms with Gasteiger partial charge in [-0.25, -0.2) is 0 Å². The van der Waals surface area contributed by atoms with E-state index < -0.39 is 0 Å². The van der Waals surface area contributed by atoms with Crippen molar-refractivity contribution in [3.05, 3.63) is 17.0 Å². The summed E-state index contributed by atoms with van der Waals surface area (Å²) >= 11 is 0. The average molecular weight is 252 g/mol. The van der Waals surface area contributed by atoms with Gasteiger partial charge in [0.25, 0.3) is 0 Å². The van der Waals surface area contributed by atoms with Crippen LogP contribution >= 0.6 is 0 Å². The van der Waals surface area contributed by atoms with E-state index in [2.05, 4.69) is 34.3 Å². The van der Waals surface area contributed by atoms with Gasteiger partial charge in [-0.05, 0) is 20.4 Å². The second kappa shape index (κ2) is 6.31. The molecule has 1 aromatic heterocycles. The molecule has 0 aliphatic carbocycles. The third-order valence-corrected chi connectivity index (χ3v) is 3.62. The van der Waals surface area contributed by atoms with Crippen LogP contribution in [-0.4, -0.2) is 54.0 Å². The molecule has 2 heterocycles. The Kier molecular flexibility index (Phi) is 4.74. The van der Waals surface area contributed by atoms with E-state index in [4.69, 9.17) is 4.74 Å². The van der Waals surface area contributed by atoms with Crippen LogP contribution < -0.4 is 5.32 Å². The van der Waals surface area contributed by atoms with Crippen LogP contribution in [0.4, 0.5) is 0 Å². The van der Waals surface area contributed by atoms with Crippen LogP contribution in [0.15, 0.2) is 0 Å². The Morgan fingerprint density at radius 3 is 3.00 bits per heavy atom. The second-order valence-electron chi connectivity index (χ2n) is 4.93. The zero-order chi connectivity index (χ0) is 13.0. The number of H-pyrrole nitrogens is 1. The molecule has 2 rings (SSSR count). The molecular formula is C13H24N4O. The lowest BCUT2D eigenvalue weighted by atomic mass is 10.2. The van der Waals surface area contributed by atoms with Crippen molar-refractivity contribution >= 4 is 0 Å². The second-order valence-corrected chi connectivity index (χ2v) is 4.93. The van der Waals surface area contributed by atoms with E-state index in [1.807, 2.05) is 6.92 Å². The molecule has 0 radical (unpaired) electrons. The van der Waals surface area contributed by atoms with Crippen molar-refractivity contribution in [2.75, 3.05) is 32.8 Å². The molecule has 1 unspecified atom stereocenters. The van der Waals surface area contributed by atoms with Crippen molar-refractivity contribution < 1.29 is 4.74 Å². The van der Waals surface area contributed by atoms with Gasteiger partial charge in [0, 0.05) is 37.4 Å². The van der Waals surface area contributed by atoms with E-state index in [-0.39, 0.29) is 0 Å². The van der Waals surface area contributed by atoms with Crippen molar-refractivity contribution in [2.24, 2.45) is 0 Å². The van der Waals surface area contributed by atoms with E-state index in [1.165, 1.54) is 5.56 Å². The van der Waals surface area contributed by atoms with Crippen LogP contribution in [-0.2, 0) is 11.3 Å². The molecule has 0 aromatic carbocycles. The summed E-state index contributed by atoms with van der Waals surface area (Å²) in [6, 6.07) is 0. The highest BCUT2D eigenvalue weighted by atomic mass is 16.5. The molecule has 5 nitrogen and oxygen atoms in total. The summed E-state index contributed by atoms with van der Waals surface area (Å²) in [6.45, 7) is 12.1. The topological polar surface area (TPSA) is 53.2 Å². The number of ether oxygens (including phenoxy) is 1. The minimum Gasteiger partial charge on any atom is -0.374 e. The maximum atomic E-state index is 5.76. The van der Waals surface area contributed by atoms with Gasteiger partial charge in [-0.1, -0.05) is 6.92 Å². The number of aromatic amines is 1. The first-order chi connectivity index (χ1) is 8.70. The Balaban J connectivity index is 1.75. The van der Waals surface area contributed by atoms with E-state index in [9.17, 15) is 0 Å². The van der Waals surface area contributed by atoms with Gasteiger partial charge >= 0.3 is 0 Å². The molecule has 0 spiro atoms. The maximum absolute atomic E-state index is 5.76. The third kappa shape index (κ3) is 3.31. The summed E-state index contributed by atoms with van der Waals surface area (Å²) < 4.78 is 5.76. The highest BCUT2D eigenvalue weighted by Gasteiger charge is 2.18. The fraction of sp³-hybridized carbons (Fsp3) is 0.769. The Bertz CT molecular complexity index is 358. The molecule has 5 heteroatoms. The standard InChI is InChI=1S/C13H24N4O/c1-4-17-5-6-18-12(9-17)7-14-8-13-10(2)15-16-11(13)3/h12,14H,4-9H2,1-3H3,(H,15,16). The van der Waals surface area contributed by atoms with E-state index in [0.29, 0.717) is 6.10 Å². The molecule has 0 bridgehead atoms. The number of morpholine rings is 1. The largest absolute Gasteiger partial charge is 0.374 e. The summed E-state index contributed by atoms with van der Waals surface area (Å²) in [6.07, 6.45) is 0.311. The Hall–Kier alpha value is -0.910. The zero-order valence-corrected chi connectivity index (χ0v) is 11.6. The van der Waals surface area contributed by atoms with Crippen LogP contribution in [0.3, 0.4) is 0 Å². The minimum absolute atomic E-state index is 0.311. The number of hydrogen-bond acceptors (Lipinski definition) is 4. The SMILES string of the molecule is CCN1CCOC(CNCc2c(C)n[nH]c2C)C1. The van der Waals surface area contributed by atoms with Crippen LogP contribution in [0.2, 0.25) is 0 Å². The number of nitrogens with zero attached hydrogens (tertiary/aromatic N) is 2. The molecule has 1 saturated heterocycles. The molecule has 0 amide bonds. The van der Waals surface area contributed by atoms with Crippen LogP contribution in [0, 0.1) is 13.8 Å². The van der Waals surface area contributed by atoms with Gasteiger partial charge in [-0.15, -0.1) is 0 Å². The summed E-state index contributed by atoms with van der Waals surface area (Å²) in [7, 11) is 0. The monoisotopic (exact) mass is 252 g/mol. The lowest BCUT2D eigenvalue weighted by Gasteiger charge is -2.32. The van der Waals surface area contributed by atoms with Crippen LogP contribution in [0.5, 0.6) is 0 Å². The van der Waals surface area contributed by atoms with Crippen molar-refractivity contribution in [3.8, 4) is 0 Å². The summed E-state index contributed by atoms with van der Waals surface area (Å²) in [5.41, 5.74) is 3.51. The molecule has 18 heavy (non-hydrogen) atoms. The van der Waals surface area contributed by atoms with Gasteiger partial charge in [-0.2, -0.15) is 5.10 Å². The number of likely N-dealkylation sites (N-methyl/N-ethyl adjacent to an activating group) is 1. The molecule has 102 valence electrons. The fourth-order valence-corrected chi connectivity index (χ4v) is 2.38. The van der Waals surface area contributed by atoms with Gasteiger partial charge in [0.1, 0.15) is 0 Å². The first-order valence-corrected chi connectivity index (χ1v) is 6.75. The first-order valence-electron chi connectivity index (χ1n) is 6.75. The number of aromatic nitrogens is 2. The van der Waals surface area contributed by atoms with Gasteiger partial charge in [0.2, 0.25) is 0 Å². The minimum atomic E-state index is 0.311. The average Bonchev–Trinajstić information content (AvgIpc) is 2.70. The van der Waals surface area contributed by atoms with Crippen LogP contribution in [0.1, 0.15) is 23.9 Å². The lowest BCUT2D eigenvalue weighted by Crippen LogP contribution is -2.46. The predicted molar refractivity (Wildman–Crippen MR) is 71.6 cm³/mol. The number of hydrogen-bond donors (Lipinski definition) is 2. The number of nitrogens with one attached hydrogen (secondary N) is 2. The van der Waals surface area contributed by atoms with Gasteiger partial charge in [0.15, 0.2) is 0 Å². The van der Waals surface area contributed by atoms with Crippen molar-refractivity contribution in [1.29, 1.82) is 0 Å². The third-order valence-electron chi connectivity index (χ3n) is 3.62. The molecule has 1 fully saturated rings. The Morgan fingerprint density at radius 2 is 2.33 bits per heavy atom. The molecule has 1 aromatic rings. The van der Waals surface area contributed by atoms with E-state index in [1.54, 1.807) is 0 Å². The lowest BCUT2D eigenvalue weighted by molar-refractivity contribution is -0.0253. The quantitative estimate of drug-likeness (QED) is 0.815. The molecule has 2 N–H and O–H groups in total. The highest BCUT2D eigenvalue weighted by Crippen LogP contribution is 2.09. The van der Waals surface area contributed by atoms with Gasteiger partial charge < -0.3 is 10.1 Å². The molecule has 0 saturated carbocycles. The normalized spacial score (nSPS) is 21.4. The van der Waals surface area contributed by atoms with E-state index in [0.717, 1.165) is 50.7 Å². The summed E-state index contributed by atoms with van der Waals surface area (Å²) in [5, 5.41) is 10.7. The van der Waals surface area contributed by atoms with Crippen molar-refractivity contribution in [1.82, 2.24) is 20.4 Å².